The predicted molar refractivity (Wildman–Crippen MR) is 70.0 cm³/mol. The summed E-state index contributed by atoms with van der Waals surface area (Å²) in [6, 6.07) is 8.04. The van der Waals surface area contributed by atoms with E-state index in [1.54, 1.807) is 0 Å². The number of nitrogens with one attached hydrogen (secondary N) is 1. The molecule has 0 bridgehead atoms. The molecule has 0 spiro atoms. The van der Waals surface area contributed by atoms with Crippen molar-refractivity contribution >= 4 is 23.4 Å². The minimum Gasteiger partial charge on any atom is -0.317 e. The van der Waals surface area contributed by atoms with Crippen LogP contribution in [0, 0.1) is 0 Å². The average molecular weight is 244 g/mol. The zero-order chi connectivity index (χ0) is 10.9. The van der Waals surface area contributed by atoms with Gasteiger partial charge in [0.1, 0.15) is 0 Å². The number of hydrogen-bond acceptors (Lipinski definition) is 2. The highest BCUT2D eigenvalue weighted by Crippen LogP contribution is 2.21. The van der Waals surface area contributed by atoms with E-state index in [-0.39, 0.29) is 0 Å². The molecule has 0 aliphatic heterocycles. The van der Waals surface area contributed by atoms with Crippen molar-refractivity contribution in [1.82, 2.24) is 5.32 Å². The van der Waals surface area contributed by atoms with Crippen LogP contribution in [0.15, 0.2) is 29.2 Å². The molecule has 0 amide bonds. The molecule has 0 fully saturated rings. The molecular formula is C12H18ClNS. The minimum absolute atomic E-state index is 0.823. The molecule has 0 saturated carbocycles. The lowest BCUT2D eigenvalue weighted by Crippen LogP contribution is -2.16. The van der Waals surface area contributed by atoms with Crippen molar-refractivity contribution in [2.75, 3.05) is 18.8 Å². The van der Waals surface area contributed by atoms with E-state index in [1.807, 2.05) is 30.0 Å². The summed E-state index contributed by atoms with van der Waals surface area (Å²) in [5.41, 5.74) is 0. The molecule has 84 valence electrons. The average Bonchev–Trinajstić information content (AvgIpc) is 2.23. The third kappa shape index (κ3) is 6.08. The maximum atomic E-state index is 5.90. The second-order valence-corrected chi connectivity index (χ2v) is 5.01. The summed E-state index contributed by atoms with van der Waals surface area (Å²) < 4.78 is 0. The number of rotatable bonds is 7. The van der Waals surface area contributed by atoms with Gasteiger partial charge in [-0.05, 0) is 49.9 Å². The second kappa shape index (κ2) is 8.03. The zero-order valence-corrected chi connectivity index (χ0v) is 10.7. The number of benzene rings is 1. The SMILES string of the molecule is CCCNCCCSc1cccc(Cl)c1. The van der Waals surface area contributed by atoms with Gasteiger partial charge in [0.15, 0.2) is 0 Å². The van der Waals surface area contributed by atoms with E-state index < -0.39 is 0 Å². The summed E-state index contributed by atoms with van der Waals surface area (Å²) in [6.45, 7) is 4.43. The van der Waals surface area contributed by atoms with Gasteiger partial charge in [0, 0.05) is 9.92 Å². The van der Waals surface area contributed by atoms with Crippen LogP contribution in [0.2, 0.25) is 5.02 Å². The Labute approximate surface area is 102 Å². The van der Waals surface area contributed by atoms with Gasteiger partial charge in [0.25, 0.3) is 0 Å². The lowest BCUT2D eigenvalue weighted by atomic mass is 10.4. The van der Waals surface area contributed by atoms with Gasteiger partial charge in [-0.15, -0.1) is 11.8 Å². The van der Waals surface area contributed by atoms with E-state index in [0.29, 0.717) is 0 Å². The topological polar surface area (TPSA) is 12.0 Å². The van der Waals surface area contributed by atoms with Gasteiger partial charge in [-0.2, -0.15) is 0 Å². The maximum Gasteiger partial charge on any atom is 0.0417 e. The Balaban J connectivity index is 2.10. The van der Waals surface area contributed by atoms with Crippen LogP contribution >= 0.6 is 23.4 Å². The van der Waals surface area contributed by atoms with Crippen molar-refractivity contribution in [3.05, 3.63) is 29.3 Å². The van der Waals surface area contributed by atoms with Crippen LogP contribution < -0.4 is 5.32 Å². The summed E-state index contributed by atoms with van der Waals surface area (Å²) in [5.74, 6) is 1.15. The van der Waals surface area contributed by atoms with E-state index in [1.165, 1.54) is 17.7 Å². The first-order valence-corrected chi connectivity index (χ1v) is 6.78. The van der Waals surface area contributed by atoms with Crippen molar-refractivity contribution < 1.29 is 0 Å². The summed E-state index contributed by atoms with van der Waals surface area (Å²) in [7, 11) is 0. The molecule has 0 atom stereocenters. The van der Waals surface area contributed by atoms with E-state index in [9.17, 15) is 0 Å². The van der Waals surface area contributed by atoms with Gasteiger partial charge < -0.3 is 5.32 Å². The van der Waals surface area contributed by atoms with Crippen LogP contribution in [0.4, 0.5) is 0 Å². The molecule has 0 aliphatic rings. The van der Waals surface area contributed by atoms with Crippen molar-refractivity contribution in [1.29, 1.82) is 0 Å². The Hall–Kier alpha value is -0.180. The van der Waals surface area contributed by atoms with Crippen molar-refractivity contribution in [3.8, 4) is 0 Å². The summed E-state index contributed by atoms with van der Waals surface area (Å²) in [5, 5.41) is 4.22. The Morgan fingerprint density at radius 3 is 2.93 bits per heavy atom. The monoisotopic (exact) mass is 243 g/mol. The lowest BCUT2D eigenvalue weighted by molar-refractivity contribution is 0.664. The molecule has 3 heteroatoms. The molecular weight excluding hydrogens is 226 g/mol. The molecule has 0 aliphatic carbocycles. The van der Waals surface area contributed by atoms with E-state index in [2.05, 4.69) is 18.3 Å². The van der Waals surface area contributed by atoms with E-state index >= 15 is 0 Å². The van der Waals surface area contributed by atoms with Gasteiger partial charge in [0.2, 0.25) is 0 Å². The summed E-state index contributed by atoms with van der Waals surface area (Å²) >= 11 is 7.77. The van der Waals surface area contributed by atoms with Crippen molar-refractivity contribution in [3.63, 3.8) is 0 Å². The van der Waals surface area contributed by atoms with E-state index in [4.69, 9.17) is 11.6 Å². The molecule has 0 radical (unpaired) electrons. The first-order chi connectivity index (χ1) is 7.33. The quantitative estimate of drug-likeness (QED) is 0.577. The standard InChI is InChI=1S/C12H18ClNS/c1-2-7-14-8-4-9-15-12-6-3-5-11(13)10-12/h3,5-6,10,14H,2,4,7-9H2,1H3. The van der Waals surface area contributed by atoms with Crippen LogP contribution in [0.25, 0.3) is 0 Å². The Morgan fingerprint density at radius 1 is 1.33 bits per heavy atom. The minimum atomic E-state index is 0.823. The number of thioether (sulfide) groups is 1. The maximum absolute atomic E-state index is 5.90. The second-order valence-electron chi connectivity index (χ2n) is 3.41. The zero-order valence-electron chi connectivity index (χ0n) is 9.13. The molecule has 1 aromatic carbocycles. The van der Waals surface area contributed by atoms with Gasteiger partial charge in [0.05, 0.1) is 0 Å². The van der Waals surface area contributed by atoms with Gasteiger partial charge in [-0.1, -0.05) is 24.6 Å². The Bertz CT molecular complexity index is 278. The molecule has 1 N–H and O–H groups in total. The first-order valence-electron chi connectivity index (χ1n) is 5.42. The fraction of sp³-hybridized carbons (Fsp3) is 0.500. The molecule has 0 unspecified atom stereocenters. The fourth-order valence-corrected chi connectivity index (χ4v) is 2.41. The van der Waals surface area contributed by atoms with Crippen LogP contribution in [0.5, 0.6) is 0 Å². The Kier molecular flexibility index (Phi) is 6.90. The molecule has 1 rings (SSSR count). The van der Waals surface area contributed by atoms with E-state index in [0.717, 1.165) is 23.9 Å². The largest absolute Gasteiger partial charge is 0.317 e. The highest BCUT2D eigenvalue weighted by atomic mass is 35.5. The number of hydrogen-bond donors (Lipinski definition) is 1. The third-order valence-corrected chi connectivity index (χ3v) is 3.30. The molecule has 0 saturated heterocycles. The molecule has 15 heavy (non-hydrogen) atoms. The fourth-order valence-electron chi connectivity index (χ4n) is 1.25. The predicted octanol–water partition coefficient (Wildman–Crippen LogP) is 3.82. The summed E-state index contributed by atoms with van der Waals surface area (Å²) in [4.78, 5) is 1.26. The third-order valence-electron chi connectivity index (χ3n) is 1.99. The first kappa shape index (κ1) is 12.9. The van der Waals surface area contributed by atoms with Crippen molar-refractivity contribution in [2.24, 2.45) is 0 Å². The van der Waals surface area contributed by atoms with Gasteiger partial charge >= 0.3 is 0 Å². The van der Waals surface area contributed by atoms with Crippen LogP contribution in [0.1, 0.15) is 19.8 Å². The molecule has 0 heterocycles. The summed E-state index contributed by atoms with van der Waals surface area (Å²) in [6.07, 6.45) is 2.42. The smallest absolute Gasteiger partial charge is 0.0417 e. The van der Waals surface area contributed by atoms with Crippen LogP contribution in [0.3, 0.4) is 0 Å². The normalized spacial score (nSPS) is 10.5. The molecule has 1 nitrogen and oxygen atoms in total. The van der Waals surface area contributed by atoms with Crippen LogP contribution in [-0.2, 0) is 0 Å². The Morgan fingerprint density at radius 2 is 2.20 bits per heavy atom. The molecule has 0 aromatic heterocycles. The molecule has 1 aromatic rings. The lowest BCUT2D eigenvalue weighted by Gasteiger charge is -2.03. The van der Waals surface area contributed by atoms with Crippen molar-refractivity contribution in [2.45, 2.75) is 24.7 Å². The number of halogens is 1. The van der Waals surface area contributed by atoms with Gasteiger partial charge in [-0.3, -0.25) is 0 Å². The van der Waals surface area contributed by atoms with Gasteiger partial charge in [-0.25, -0.2) is 0 Å². The highest BCUT2D eigenvalue weighted by Gasteiger charge is 1.94. The highest BCUT2D eigenvalue weighted by molar-refractivity contribution is 7.99. The van der Waals surface area contributed by atoms with Crippen LogP contribution in [-0.4, -0.2) is 18.8 Å².